The predicted octanol–water partition coefficient (Wildman–Crippen LogP) is 2.05. The molecule has 2 heterocycles. The molecule has 14 heteroatoms. The first-order valence-corrected chi connectivity index (χ1v) is 13.1. The Balaban J connectivity index is 1.80. The average molecular weight is 544 g/mol. The fraction of sp³-hybridized carbons (Fsp3) is 0.500. The van der Waals surface area contributed by atoms with Crippen molar-refractivity contribution in [3.63, 3.8) is 0 Å². The molecule has 6 atom stereocenters. The van der Waals surface area contributed by atoms with Crippen molar-refractivity contribution in [2.24, 2.45) is 0 Å². The van der Waals surface area contributed by atoms with E-state index in [0.717, 1.165) is 0 Å². The molecule has 1 fully saturated rings. The summed E-state index contributed by atoms with van der Waals surface area (Å²) in [6, 6.07) is 8.29. The van der Waals surface area contributed by atoms with Crippen LogP contribution in [0.3, 0.4) is 0 Å². The van der Waals surface area contributed by atoms with E-state index in [2.05, 4.69) is 10.1 Å². The highest BCUT2D eigenvalue weighted by Crippen LogP contribution is 2.47. The number of aromatic amines is 1. The highest BCUT2D eigenvalue weighted by atomic mass is 32.1. The van der Waals surface area contributed by atoms with Gasteiger partial charge in [-0.15, -0.1) is 0 Å². The Hall–Kier alpha value is -2.38. The predicted molar refractivity (Wildman–Crippen MR) is 131 cm³/mol. The molecular weight excluding hydrogens is 513 g/mol. The number of hydrogen-bond acceptors (Lipinski definition) is 10. The maximum absolute atomic E-state index is 13.6. The van der Waals surface area contributed by atoms with Gasteiger partial charge in [0.15, 0.2) is 11.0 Å². The van der Waals surface area contributed by atoms with Crippen LogP contribution in [0.1, 0.15) is 33.9 Å². The molecule has 0 saturated carbocycles. The van der Waals surface area contributed by atoms with Gasteiger partial charge in [-0.25, -0.2) is 4.57 Å². The molecule has 2 aromatic rings. The zero-order chi connectivity index (χ0) is 26.7. The van der Waals surface area contributed by atoms with Crippen LogP contribution in [0, 0.1) is 4.77 Å². The van der Waals surface area contributed by atoms with Gasteiger partial charge in [0, 0.05) is 12.3 Å². The van der Waals surface area contributed by atoms with Gasteiger partial charge in [-0.3, -0.25) is 23.7 Å². The largest absolute Gasteiger partial charge is 0.462 e. The molecule has 3 rings (SSSR count). The van der Waals surface area contributed by atoms with Crippen LogP contribution < -0.4 is 15.2 Å². The minimum Gasteiger partial charge on any atom is -0.462 e. The van der Waals surface area contributed by atoms with E-state index in [1.165, 1.54) is 30.7 Å². The number of aliphatic hydroxyl groups excluding tert-OH is 1. The molecule has 1 saturated heterocycles. The standard InChI is InChI=1S/C22H30N3O9PS/c1-13(2)32-19(28)14(3)24-35(30,34-15-8-6-5-7-9-15)31-12-16-18(27)22(4,29)20(33-16)25-11-10-17(26)23-21(25)36/h5-11,13-14,16,18,20,27,29H,12H2,1-4H3,(H,24,30)(H,23,26,36)/t14-,16+,18?,20+,22+,35-/m0/s1. The maximum Gasteiger partial charge on any atom is 0.459 e. The summed E-state index contributed by atoms with van der Waals surface area (Å²) in [6.45, 7) is 5.63. The van der Waals surface area contributed by atoms with Crippen molar-refractivity contribution in [1.82, 2.24) is 14.6 Å². The van der Waals surface area contributed by atoms with Crippen LogP contribution in [0.25, 0.3) is 0 Å². The number of hydrogen-bond donors (Lipinski definition) is 4. The third-order valence-corrected chi connectivity index (χ3v) is 7.25. The number of aromatic nitrogens is 2. The van der Waals surface area contributed by atoms with Crippen molar-refractivity contribution in [3.8, 4) is 5.75 Å². The molecule has 0 amide bonds. The molecule has 1 aliphatic heterocycles. The Morgan fingerprint density at radius 3 is 2.58 bits per heavy atom. The molecule has 1 aliphatic rings. The van der Waals surface area contributed by atoms with E-state index in [1.807, 2.05) is 0 Å². The van der Waals surface area contributed by atoms with Crippen LogP contribution in [0.2, 0.25) is 0 Å². The van der Waals surface area contributed by atoms with Crippen LogP contribution in [0.5, 0.6) is 5.75 Å². The average Bonchev–Trinajstić information content (AvgIpc) is 3.01. The molecule has 4 N–H and O–H groups in total. The van der Waals surface area contributed by atoms with Crippen LogP contribution in [0.4, 0.5) is 0 Å². The summed E-state index contributed by atoms with van der Waals surface area (Å²) in [7, 11) is -4.22. The monoisotopic (exact) mass is 543 g/mol. The lowest BCUT2D eigenvalue weighted by atomic mass is 9.96. The smallest absolute Gasteiger partial charge is 0.459 e. The number of ether oxygens (including phenoxy) is 2. The van der Waals surface area contributed by atoms with Crippen LogP contribution in [0.15, 0.2) is 47.4 Å². The molecular formula is C22H30N3O9PS. The number of aliphatic hydroxyl groups is 2. The fourth-order valence-electron chi connectivity index (χ4n) is 3.50. The van der Waals surface area contributed by atoms with E-state index < -0.39 is 62.1 Å². The van der Waals surface area contributed by atoms with Crippen molar-refractivity contribution in [2.45, 2.75) is 63.9 Å². The number of benzene rings is 1. The van der Waals surface area contributed by atoms with E-state index in [9.17, 15) is 24.4 Å². The highest BCUT2D eigenvalue weighted by Gasteiger charge is 2.53. The lowest BCUT2D eigenvalue weighted by Crippen LogP contribution is -2.45. The van der Waals surface area contributed by atoms with Gasteiger partial charge in [0.2, 0.25) is 0 Å². The van der Waals surface area contributed by atoms with E-state index in [-0.39, 0.29) is 10.5 Å². The molecule has 198 valence electrons. The lowest BCUT2D eigenvalue weighted by Gasteiger charge is -2.28. The first-order valence-electron chi connectivity index (χ1n) is 11.2. The highest BCUT2D eigenvalue weighted by molar-refractivity contribution is 7.71. The first kappa shape index (κ1) is 28.2. The second kappa shape index (κ2) is 11.3. The molecule has 0 aliphatic carbocycles. The third-order valence-electron chi connectivity index (χ3n) is 5.29. The van der Waals surface area contributed by atoms with Crippen LogP contribution >= 0.6 is 20.0 Å². The van der Waals surface area contributed by atoms with Crippen LogP contribution in [-0.2, 0) is 23.4 Å². The number of carbonyl (C=O) groups is 1. The van der Waals surface area contributed by atoms with E-state index in [4.69, 9.17) is 30.7 Å². The number of rotatable bonds is 10. The molecule has 0 spiro atoms. The second-order valence-corrected chi connectivity index (χ2v) is 10.8. The topological polar surface area (TPSA) is 161 Å². The quantitative estimate of drug-likeness (QED) is 0.197. The second-order valence-electron chi connectivity index (χ2n) is 8.75. The van der Waals surface area contributed by atoms with Crippen molar-refractivity contribution >= 4 is 25.9 Å². The Bertz CT molecular complexity index is 1220. The number of nitrogens with zero attached hydrogens (tertiary/aromatic N) is 1. The fourth-order valence-corrected chi connectivity index (χ4v) is 5.25. The summed E-state index contributed by atoms with van der Waals surface area (Å²) in [6.07, 6.45) is -2.93. The van der Waals surface area contributed by atoms with Gasteiger partial charge < -0.3 is 24.2 Å². The summed E-state index contributed by atoms with van der Waals surface area (Å²) >= 11 is 5.14. The summed E-state index contributed by atoms with van der Waals surface area (Å²) in [5, 5.41) is 24.2. The summed E-state index contributed by atoms with van der Waals surface area (Å²) < 4.78 is 37.0. The minimum absolute atomic E-state index is 0.0289. The molecule has 12 nitrogen and oxygen atoms in total. The van der Waals surface area contributed by atoms with E-state index >= 15 is 0 Å². The first-order chi connectivity index (χ1) is 16.8. The molecule has 36 heavy (non-hydrogen) atoms. The van der Waals surface area contributed by atoms with Crippen molar-refractivity contribution in [3.05, 3.63) is 57.7 Å². The Labute approximate surface area is 212 Å². The van der Waals surface area contributed by atoms with Crippen LogP contribution in [-0.4, -0.2) is 62.3 Å². The normalized spacial score (nSPS) is 26.4. The van der Waals surface area contributed by atoms with Gasteiger partial charge in [0.1, 0.15) is 29.6 Å². The Kier molecular flexibility index (Phi) is 8.88. The molecule has 0 radical (unpaired) electrons. The lowest BCUT2D eigenvalue weighted by molar-refractivity contribution is -0.149. The molecule has 1 unspecified atom stereocenters. The number of carbonyl (C=O) groups excluding carboxylic acids is 1. The summed E-state index contributed by atoms with van der Waals surface area (Å²) in [4.78, 5) is 26.2. The van der Waals surface area contributed by atoms with Crippen molar-refractivity contribution in [2.75, 3.05) is 6.61 Å². The van der Waals surface area contributed by atoms with Crippen molar-refractivity contribution < 1.29 is 38.1 Å². The third kappa shape index (κ3) is 6.68. The molecule has 1 aromatic carbocycles. The summed E-state index contributed by atoms with van der Waals surface area (Å²) in [5.41, 5.74) is -2.29. The van der Waals surface area contributed by atoms with Crippen molar-refractivity contribution in [1.29, 1.82) is 0 Å². The van der Waals surface area contributed by atoms with Gasteiger partial charge in [-0.1, -0.05) is 18.2 Å². The number of para-hydroxylation sites is 1. The number of esters is 1. The zero-order valence-corrected chi connectivity index (χ0v) is 21.9. The Morgan fingerprint density at radius 1 is 1.31 bits per heavy atom. The molecule has 1 aromatic heterocycles. The van der Waals surface area contributed by atoms with Gasteiger partial charge in [-0.05, 0) is 52.0 Å². The van der Waals surface area contributed by atoms with E-state index in [1.54, 1.807) is 44.2 Å². The Morgan fingerprint density at radius 2 is 1.97 bits per heavy atom. The maximum atomic E-state index is 13.6. The van der Waals surface area contributed by atoms with Gasteiger partial charge >= 0.3 is 13.7 Å². The van der Waals surface area contributed by atoms with E-state index in [0.29, 0.717) is 0 Å². The van der Waals surface area contributed by atoms with Gasteiger partial charge in [0.25, 0.3) is 5.56 Å². The zero-order valence-electron chi connectivity index (χ0n) is 20.2. The number of H-pyrrole nitrogens is 1. The van der Waals surface area contributed by atoms with Gasteiger partial charge in [0.05, 0.1) is 12.7 Å². The number of nitrogens with one attached hydrogen (secondary N) is 2. The summed E-state index contributed by atoms with van der Waals surface area (Å²) in [5.74, 6) is -0.465. The minimum atomic E-state index is -4.22. The SMILES string of the molecule is CC(C)OC(=O)[C@H](C)N[P@](=O)(OC[C@H]1O[C@@H](n2ccc(=O)[nH]c2=S)[C@](C)(O)C1O)Oc1ccccc1. The van der Waals surface area contributed by atoms with Gasteiger partial charge in [-0.2, -0.15) is 5.09 Å². The molecule has 0 bridgehead atoms.